The number of likely N-dealkylation sites (tertiary alicyclic amines) is 1. The molecule has 1 aromatic heterocycles. The Kier molecular flexibility index (Phi) is 3.77. The third kappa shape index (κ3) is 3.07. The van der Waals surface area contributed by atoms with Gasteiger partial charge in [0.15, 0.2) is 0 Å². The quantitative estimate of drug-likeness (QED) is 0.520. The van der Waals surface area contributed by atoms with E-state index in [4.69, 9.17) is 5.84 Å². The number of pyridine rings is 1. The summed E-state index contributed by atoms with van der Waals surface area (Å²) >= 11 is 0. The zero-order chi connectivity index (χ0) is 12.1. The fraction of sp³-hybridized carbons (Fsp3) is 0.455. The molecule has 1 aromatic rings. The number of nitrogen functional groups attached to an aromatic ring is 1. The van der Waals surface area contributed by atoms with Crippen molar-refractivity contribution >= 4 is 17.4 Å². The highest BCUT2D eigenvalue weighted by Gasteiger charge is 2.17. The van der Waals surface area contributed by atoms with Crippen molar-refractivity contribution in [2.24, 2.45) is 5.84 Å². The van der Waals surface area contributed by atoms with E-state index in [1.165, 1.54) is 0 Å². The first kappa shape index (κ1) is 11.7. The summed E-state index contributed by atoms with van der Waals surface area (Å²) in [6, 6.07) is 3.56. The average molecular weight is 235 g/mol. The molecule has 1 aliphatic heterocycles. The second-order valence-corrected chi connectivity index (χ2v) is 4.02. The van der Waals surface area contributed by atoms with Crippen molar-refractivity contribution < 1.29 is 4.79 Å². The fourth-order valence-electron chi connectivity index (χ4n) is 1.88. The molecule has 0 spiro atoms. The van der Waals surface area contributed by atoms with Crippen LogP contribution in [0.2, 0.25) is 0 Å². The van der Waals surface area contributed by atoms with Crippen LogP contribution >= 0.6 is 0 Å². The monoisotopic (exact) mass is 235 g/mol. The zero-order valence-electron chi connectivity index (χ0n) is 9.65. The lowest BCUT2D eigenvalue weighted by Crippen LogP contribution is -2.32. The molecule has 0 atom stereocenters. The van der Waals surface area contributed by atoms with E-state index in [2.05, 4.69) is 15.7 Å². The molecule has 0 saturated carbocycles. The molecule has 6 nitrogen and oxygen atoms in total. The van der Waals surface area contributed by atoms with E-state index in [1.54, 1.807) is 18.3 Å². The Morgan fingerprint density at radius 2 is 2.24 bits per heavy atom. The topological polar surface area (TPSA) is 83.3 Å². The highest BCUT2D eigenvalue weighted by atomic mass is 16.2. The van der Waals surface area contributed by atoms with Gasteiger partial charge in [0.2, 0.25) is 5.91 Å². The van der Waals surface area contributed by atoms with Crippen LogP contribution in [-0.2, 0) is 4.79 Å². The summed E-state index contributed by atoms with van der Waals surface area (Å²) in [6.45, 7) is 2.08. The van der Waals surface area contributed by atoms with E-state index in [-0.39, 0.29) is 5.91 Å². The van der Waals surface area contributed by atoms with Crippen molar-refractivity contribution in [2.75, 3.05) is 30.4 Å². The number of anilines is 2. The maximum Gasteiger partial charge on any atom is 0.241 e. The van der Waals surface area contributed by atoms with Gasteiger partial charge in [0, 0.05) is 31.0 Å². The van der Waals surface area contributed by atoms with E-state index in [0.29, 0.717) is 12.4 Å². The molecule has 0 bridgehead atoms. The van der Waals surface area contributed by atoms with Crippen LogP contribution < -0.4 is 16.6 Å². The number of nitrogens with two attached hydrogens (primary N) is 1. The molecule has 0 aromatic carbocycles. The molecule has 2 heterocycles. The molecule has 92 valence electrons. The van der Waals surface area contributed by atoms with Crippen molar-refractivity contribution in [3.05, 3.63) is 18.3 Å². The van der Waals surface area contributed by atoms with E-state index >= 15 is 0 Å². The Morgan fingerprint density at radius 3 is 2.94 bits per heavy atom. The van der Waals surface area contributed by atoms with Crippen molar-refractivity contribution in [2.45, 2.75) is 12.8 Å². The lowest BCUT2D eigenvalue weighted by atomic mass is 10.3. The number of rotatable bonds is 4. The van der Waals surface area contributed by atoms with Gasteiger partial charge in [0.25, 0.3) is 0 Å². The number of amides is 1. The molecule has 6 heteroatoms. The van der Waals surface area contributed by atoms with E-state index < -0.39 is 0 Å². The average Bonchev–Trinajstić information content (AvgIpc) is 2.90. The maximum absolute atomic E-state index is 11.8. The summed E-state index contributed by atoms with van der Waals surface area (Å²) in [6.07, 6.45) is 3.86. The number of hydrogen-bond donors (Lipinski definition) is 3. The molecule has 1 fully saturated rings. The second kappa shape index (κ2) is 5.49. The smallest absolute Gasteiger partial charge is 0.241 e. The Hall–Kier alpha value is -1.82. The minimum absolute atomic E-state index is 0.140. The van der Waals surface area contributed by atoms with Crippen LogP contribution in [0.1, 0.15) is 12.8 Å². The summed E-state index contributed by atoms with van der Waals surface area (Å²) < 4.78 is 0. The van der Waals surface area contributed by atoms with Gasteiger partial charge in [-0.3, -0.25) is 4.79 Å². The van der Waals surface area contributed by atoms with Crippen molar-refractivity contribution in [1.82, 2.24) is 9.88 Å². The first-order chi connectivity index (χ1) is 8.29. The van der Waals surface area contributed by atoms with Gasteiger partial charge in [-0.1, -0.05) is 0 Å². The van der Waals surface area contributed by atoms with Gasteiger partial charge < -0.3 is 15.6 Å². The second-order valence-electron chi connectivity index (χ2n) is 4.02. The number of nitrogens with zero attached hydrogens (tertiary/aromatic N) is 2. The molecule has 0 unspecified atom stereocenters. The zero-order valence-corrected chi connectivity index (χ0v) is 9.65. The van der Waals surface area contributed by atoms with Crippen LogP contribution in [0.5, 0.6) is 0 Å². The van der Waals surface area contributed by atoms with Crippen LogP contribution in [0, 0.1) is 0 Å². The highest BCUT2D eigenvalue weighted by molar-refractivity contribution is 5.81. The van der Waals surface area contributed by atoms with Gasteiger partial charge in [-0.05, 0) is 18.9 Å². The number of nitrogens with one attached hydrogen (secondary N) is 2. The number of carbonyl (C=O) groups excluding carboxylic acids is 1. The largest absolute Gasteiger partial charge is 0.376 e. The normalized spacial score (nSPS) is 14.8. The standard InChI is InChI=1S/C11H17N5O/c12-15-10-7-9(3-4-13-10)14-8-11(17)16-5-1-2-6-16/h3-4,7H,1-2,5-6,8,12H2,(H2,13,14,15). The number of hydrazine groups is 1. The van der Waals surface area contributed by atoms with Crippen LogP contribution in [0.3, 0.4) is 0 Å². The Bertz CT molecular complexity index is 389. The van der Waals surface area contributed by atoms with E-state index in [1.807, 2.05) is 4.90 Å². The third-order valence-corrected chi connectivity index (χ3v) is 2.81. The minimum Gasteiger partial charge on any atom is -0.376 e. The lowest BCUT2D eigenvalue weighted by molar-refractivity contribution is -0.128. The SMILES string of the molecule is NNc1cc(NCC(=O)N2CCCC2)ccn1. The van der Waals surface area contributed by atoms with Gasteiger partial charge >= 0.3 is 0 Å². The van der Waals surface area contributed by atoms with Crippen LogP contribution in [0.4, 0.5) is 11.5 Å². The van der Waals surface area contributed by atoms with Gasteiger partial charge in [-0.2, -0.15) is 0 Å². The van der Waals surface area contributed by atoms with Crippen LogP contribution in [0.15, 0.2) is 18.3 Å². The molecular weight excluding hydrogens is 218 g/mol. The number of carbonyl (C=O) groups is 1. The number of hydrogen-bond acceptors (Lipinski definition) is 5. The first-order valence-corrected chi connectivity index (χ1v) is 5.74. The van der Waals surface area contributed by atoms with Gasteiger partial charge in [0.1, 0.15) is 5.82 Å². The number of aromatic nitrogens is 1. The molecule has 4 N–H and O–H groups in total. The first-order valence-electron chi connectivity index (χ1n) is 5.74. The van der Waals surface area contributed by atoms with Crippen LogP contribution in [0.25, 0.3) is 0 Å². The molecule has 17 heavy (non-hydrogen) atoms. The highest BCUT2D eigenvalue weighted by Crippen LogP contribution is 2.11. The van der Waals surface area contributed by atoms with Crippen molar-refractivity contribution in [3.63, 3.8) is 0 Å². The van der Waals surface area contributed by atoms with E-state index in [9.17, 15) is 4.79 Å². The molecule has 2 rings (SSSR count). The van der Waals surface area contributed by atoms with E-state index in [0.717, 1.165) is 31.6 Å². The van der Waals surface area contributed by atoms with Gasteiger partial charge in [-0.25, -0.2) is 10.8 Å². The molecule has 1 aliphatic rings. The van der Waals surface area contributed by atoms with Gasteiger partial charge in [-0.15, -0.1) is 0 Å². The van der Waals surface area contributed by atoms with Crippen LogP contribution in [-0.4, -0.2) is 35.4 Å². The third-order valence-electron chi connectivity index (χ3n) is 2.81. The Morgan fingerprint density at radius 1 is 1.47 bits per heavy atom. The minimum atomic E-state index is 0.140. The summed E-state index contributed by atoms with van der Waals surface area (Å²) in [5, 5.41) is 3.07. The summed E-state index contributed by atoms with van der Waals surface area (Å²) in [5.74, 6) is 5.97. The summed E-state index contributed by atoms with van der Waals surface area (Å²) in [5.41, 5.74) is 3.30. The predicted molar refractivity (Wildman–Crippen MR) is 66.4 cm³/mol. The molecule has 1 amide bonds. The molecule has 0 aliphatic carbocycles. The van der Waals surface area contributed by atoms with Crippen molar-refractivity contribution in [1.29, 1.82) is 0 Å². The van der Waals surface area contributed by atoms with Gasteiger partial charge in [0.05, 0.1) is 6.54 Å². The predicted octanol–water partition coefficient (Wildman–Crippen LogP) is 0.401. The maximum atomic E-state index is 11.8. The summed E-state index contributed by atoms with van der Waals surface area (Å²) in [4.78, 5) is 17.7. The Balaban J connectivity index is 1.86. The molecule has 0 radical (unpaired) electrons. The Labute approximate surface area is 100 Å². The molecular formula is C11H17N5O. The fourth-order valence-corrected chi connectivity index (χ4v) is 1.88. The van der Waals surface area contributed by atoms with Crippen molar-refractivity contribution in [3.8, 4) is 0 Å². The lowest BCUT2D eigenvalue weighted by Gasteiger charge is -2.16. The molecule has 1 saturated heterocycles. The summed E-state index contributed by atoms with van der Waals surface area (Å²) in [7, 11) is 0.